The first-order chi connectivity index (χ1) is 8.53. The number of aryl methyl sites for hydroxylation is 1. The highest BCUT2D eigenvalue weighted by Crippen LogP contribution is 2.33. The van der Waals surface area contributed by atoms with Crippen molar-refractivity contribution in [2.45, 2.75) is 30.7 Å². The summed E-state index contributed by atoms with van der Waals surface area (Å²) in [5.41, 5.74) is 7.85. The van der Waals surface area contributed by atoms with E-state index in [1.165, 1.54) is 5.56 Å². The van der Waals surface area contributed by atoms with Crippen molar-refractivity contribution >= 4 is 17.7 Å². The van der Waals surface area contributed by atoms with Gasteiger partial charge in [-0.1, -0.05) is 6.92 Å². The lowest BCUT2D eigenvalue weighted by Gasteiger charge is -2.17. The number of carboxylic acids is 1. The van der Waals surface area contributed by atoms with Crippen molar-refractivity contribution in [3.05, 3.63) is 23.3 Å². The van der Waals surface area contributed by atoms with Crippen LogP contribution in [0.5, 0.6) is 5.75 Å². The Morgan fingerprint density at radius 1 is 1.56 bits per heavy atom. The molecule has 1 rings (SSSR count). The molecule has 0 amide bonds. The van der Waals surface area contributed by atoms with Crippen LogP contribution in [0.2, 0.25) is 0 Å². The van der Waals surface area contributed by atoms with E-state index in [0.717, 1.165) is 16.9 Å². The molecule has 1 aromatic rings. The van der Waals surface area contributed by atoms with E-state index < -0.39 is 12.0 Å². The van der Waals surface area contributed by atoms with Gasteiger partial charge in [0.1, 0.15) is 5.75 Å². The van der Waals surface area contributed by atoms with Gasteiger partial charge in [0.15, 0.2) is 0 Å². The number of aliphatic carboxylic acids is 1. The first kappa shape index (κ1) is 14.9. The van der Waals surface area contributed by atoms with E-state index in [1.807, 2.05) is 18.4 Å². The van der Waals surface area contributed by atoms with Crippen LogP contribution in [-0.2, 0) is 11.2 Å². The molecular weight excluding hydrogens is 250 g/mol. The summed E-state index contributed by atoms with van der Waals surface area (Å²) in [6.45, 7) is 2.07. The maximum Gasteiger partial charge on any atom is 0.305 e. The minimum absolute atomic E-state index is 0.102. The molecule has 0 aliphatic heterocycles. The van der Waals surface area contributed by atoms with Crippen LogP contribution < -0.4 is 10.5 Å². The molecule has 18 heavy (non-hydrogen) atoms. The summed E-state index contributed by atoms with van der Waals surface area (Å²) in [5.74, 6) is -0.242. The van der Waals surface area contributed by atoms with Crippen molar-refractivity contribution < 1.29 is 14.6 Å². The van der Waals surface area contributed by atoms with E-state index >= 15 is 0 Å². The van der Waals surface area contributed by atoms with Gasteiger partial charge in [-0.2, -0.15) is 0 Å². The second kappa shape index (κ2) is 6.66. The zero-order chi connectivity index (χ0) is 13.7. The molecule has 0 spiro atoms. The predicted octanol–water partition coefficient (Wildman–Crippen LogP) is 2.45. The van der Waals surface area contributed by atoms with Gasteiger partial charge in [-0.05, 0) is 30.4 Å². The SMILES string of the molecule is CCc1cc(OC)c(C(N)CC(=O)O)cc1SC. The zero-order valence-electron chi connectivity index (χ0n) is 10.9. The van der Waals surface area contributed by atoms with E-state index in [0.29, 0.717) is 5.75 Å². The van der Waals surface area contributed by atoms with E-state index in [2.05, 4.69) is 6.92 Å². The highest BCUT2D eigenvalue weighted by molar-refractivity contribution is 7.98. The molecule has 0 heterocycles. The minimum Gasteiger partial charge on any atom is -0.496 e. The molecule has 0 aliphatic carbocycles. The second-order valence-electron chi connectivity index (χ2n) is 3.96. The molecule has 100 valence electrons. The fourth-order valence-electron chi connectivity index (χ4n) is 1.85. The molecule has 0 radical (unpaired) electrons. The van der Waals surface area contributed by atoms with Gasteiger partial charge in [-0.3, -0.25) is 4.79 Å². The Balaban J connectivity index is 3.20. The van der Waals surface area contributed by atoms with Crippen molar-refractivity contribution in [2.24, 2.45) is 5.73 Å². The summed E-state index contributed by atoms with van der Waals surface area (Å²) in [4.78, 5) is 11.9. The number of carboxylic acid groups (broad SMARTS) is 1. The molecule has 0 saturated heterocycles. The Labute approximate surface area is 112 Å². The third kappa shape index (κ3) is 3.40. The summed E-state index contributed by atoms with van der Waals surface area (Å²) >= 11 is 1.63. The molecule has 0 saturated carbocycles. The van der Waals surface area contributed by atoms with Crippen LogP contribution in [0, 0.1) is 0 Å². The second-order valence-corrected chi connectivity index (χ2v) is 4.81. The topological polar surface area (TPSA) is 72.5 Å². The molecule has 0 fully saturated rings. The minimum atomic E-state index is -0.908. The van der Waals surface area contributed by atoms with Gasteiger partial charge < -0.3 is 15.6 Å². The molecule has 0 bridgehead atoms. The molecule has 1 unspecified atom stereocenters. The largest absolute Gasteiger partial charge is 0.496 e. The monoisotopic (exact) mass is 269 g/mol. The highest BCUT2D eigenvalue weighted by Gasteiger charge is 2.17. The highest BCUT2D eigenvalue weighted by atomic mass is 32.2. The maximum absolute atomic E-state index is 10.7. The van der Waals surface area contributed by atoms with E-state index in [-0.39, 0.29) is 6.42 Å². The van der Waals surface area contributed by atoms with Gasteiger partial charge in [0.25, 0.3) is 0 Å². The number of hydrogen-bond donors (Lipinski definition) is 2. The standard InChI is InChI=1S/C13H19NO3S/c1-4-8-5-11(17-2)9(6-12(8)18-3)10(14)7-13(15)16/h5-6,10H,4,7,14H2,1-3H3,(H,15,16). The summed E-state index contributed by atoms with van der Waals surface area (Å²) < 4.78 is 5.31. The summed E-state index contributed by atoms with van der Waals surface area (Å²) in [6.07, 6.45) is 2.80. The smallest absolute Gasteiger partial charge is 0.305 e. The van der Waals surface area contributed by atoms with Crippen LogP contribution >= 0.6 is 11.8 Å². The lowest BCUT2D eigenvalue weighted by molar-refractivity contribution is -0.137. The summed E-state index contributed by atoms with van der Waals surface area (Å²) in [5, 5.41) is 8.81. The first-order valence-electron chi connectivity index (χ1n) is 5.75. The lowest BCUT2D eigenvalue weighted by atomic mass is 10.0. The van der Waals surface area contributed by atoms with Crippen LogP contribution in [0.15, 0.2) is 17.0 Å². The van der Waals surface area contributed by atoms with Crippen molar-refractivity contribution in [2.75, 3.05) is 13.4 Å². The lowest BCUT2D eigenvalue weighted by Crippen LogP contribution is -2.16. The van der Waals surface area contributed by atoms with E-state index in [1.54, 1.807) is 18.9 Å². The number of carbonyl (C=O) groups is 1. The Morgan fingerprint density at radius 2 is 2.22 bits per heavy atom. The quantitative estimate of drug-likeness (QED) is 0.776. The molecule has 0 aromatic heterocycles. The molecule has 5 heteroatoms. The van der Waals surface area contributed by atoms with Crippen LogP contribution in [-0.4, -0.2) is 24.4 Å². The molecule has 3 N–H and O–H groups in total. The Hall–Kier alpha value is -1.20. The van der Waals surface area contributed by atoms with Crippen molar-refractivity contribution in [1.29, 1.82) is 0 Å². The van der Waals surface area contributed by atoms with E-state index in [4.69, 9.17) is 15.6 Å². The molecule has 1 atom stereocenters. The van der Waals surface area contributed by atoms with Crippen LogP contribution in [0.3, 0.4) is 0 Å². The van der Waals surface area contributed by atoms with Gasteiger partial charge in [-0.25, -0.2) is 0 Å². The molecule has 0 aliphatic rings. The van der Waals surface area contributed by atoms with Crippen LogP contribution in [0.4, 0.5) is 0 Å². The number of methoxy groups -OCH3 is 1. The van der Waals surface area contributed by atoms with Gasteiger partial charge in [-0.15, -0.1) is 11.8 Å². The fraction of sp³-hybridized carbons (Fsp3) is 0.462. The number of benzene rings is 1. The van der Waals surface area contributed by atoms with Crippen molar-refractivity contribution in [3.63, 3.8) is 0 Å². The Kier molecular flexibility index (Phi) is 5.50. The number of nitrogens with two attached hydrogens (primary N) is 1. The van der Waals surface area contributed by atoms with Crippen molar-refractivity contribution in [3.8, 4) is 5.75 Å². The van der Waals surface area contributed by atoms with Gasteiger partial charge in [0, 0.05) is 16.5 Å². The molecule has 4 nitrogen and oxygen atoms in total. The van der Waals surface area contributed by atoms with Crippen LogP contribution in [0.1, 0.15) is 30.5 Å². The maximum atomic E-state index is 10.7. The molecular formula is C13H19NO3S. The van der Waals surface area contributed by atoms with Gasteiger partial charge in [0.05, 0.1) is 13.5 Å². The Morgan fingerprint density at radius 3 is 2.67 bits per heavy atom. The predicted molar refractivity (Wildman–Crippen MR) is 73.3 cm³/mol. The average Bonchev–Trinajstić information content (AvgIpc) is 2.36. The van der Waals surface area contributed by atoms with Gasteiger partial charge >= 0.3 is 5.97 Å². The zero-order valence-corrected chi connectivity index (χ0v) is 11.7. The molecule has 1 aromatic carbocycles. The number of rotatable bonds is 6. The average molecular weight is 269 g/mol. The number of ether oxygens (including phenoxy) is 1. The van der Waals surface area contributed by atoms with Crippen LogP contribution in [0.25, 0.3) is 0 Å². The third-order valence-corrected chi connectivity index (χ3v) is 3.63. The number of thioether (sulfide) groups is 1. The third-order valence-electron chi connectivity index (χ3n) is 2.81. The normalized spacial score (nSPS) is 12.2. The number of hydrogen-bond acceptors (Lipinski definition) is 4. The first-order valence-corrected chi connectivity index (χ1v) is 6.98. The Bertz CT molecular complexity index is 434. The fourth-order valence-corrected chi connectivity index (χ4v) is 2.56. The summed E-state index contributed by atoms with van der Waals surface area (Å²) in [6, 6.07) is 3.34. The van der Waals surface area contributed by atoms with Gasteiger partial charge in [0.2, 0.25) is 0 Å². The summed E-state index contributed by atoms with van der Waals surface area (Å²) in [7, 11) is 1.57. The van der Waals surface area contributed by atoms with Crippen molar-refractivity contribution in [1.82, 2.24) is 0 Å². The van der Waals surface area contributed by atoms with E-state index in [9.17, 15) is 4.79 Å².